The van der Waals surface area contributed by atoms with Crippen LogP contribution in [0.25, 0.3) is 0 Å². The number of benzene rings is 1. The molecule has 2 heterocycles. The van der Waals surface area contributed by atoms with Gasteiger partial charge in [-0.1, -0.05) is 12.1 Å². The van der Waals surface area contributed by atoms with Gasteiger partial charge < -0.3 is 14.8 Å². The van der Waals surface area contributed by atoms with Gasteiger partial charge in [-0.3, -0.25) is 9.89 Å². The number of nitrogens with one attached hydrogen (secondary N) is 2. The second kappa shape index (κ2) is 4.88. The zero-order chi connectivity index (χ0) is 14.1. The predicted octanol–water partition coefficient (Wildman–Crippen LogP) is 1.89. The molecule has 0 saturated heterocycles. The second-order valence-corrected chi connectivity index (χ2v) is 4.73. The Bertz CT molecular complexity index is 638. The maximum atomic E-state index is 12.2. The van der Waals surface area contributed by atoms with Crippen LogP contribution in [-0.4, -0.2) is 28.3 Å². The van der Waals surface area contributed by atoms with E-state index in [0.717, 1.165) is 5.69 Å². The van der Waals surface area contributed by atoms with Crippen molar-refractivity contribution in [2.45, 2.75) is 26.1 Å². The molecule has 6 heteroatoms. The van der Waals surface area contributed by atoms with Crippen LogP contribution >= 0.6 is 0 Å². The molecule has 1 amide bonds. The van der Waals surface area contributed by atoms with Crippen LogP contribution in [0, 0.1) is 6.92 Å². The number of anilines is 1. The quantitative estimate of drug-likeness (QED) is 0.876. The van der Waals surface area contributed by atoms with Crippen molar-refractivity contribution < 1.29 is 14.3 Å². The van der Waals surface area contributed by atoms with E-state index in [0.29, 0.717) is 17.3 Å². The lowest BCUT2D eigenvalue weighted by Crippen LogP contribution is -2.46. The molecular formula is C14H15N3O3. The van der Waals surface area contributed by atoms with E-state index in [9.17, 15) is 4.79 Å². The molecule has 0 saturated carbocycles. The number of aromatic amines is 1. The average molecular weight is 273 g/mol. The van der Waals surface area contributed by atoms with Gasteiger partial charge in [-0.25, -0.2) is 0 Å². The number of nitrogens with zero attached hydrogens (tertiary/aromatic N) is 1. The fourth-order valence-corrected chi connectivity index (χ4v) is 2.09. The summed E-state index contributed by atoms with van der Waals surface area (Å²) in [6.45, 7) is 3.66. The molecule has 2 unspecified atom stereocenters. The number of aromatic nitrogens is 2. The number of hydrogen-bond acceptors (Lipinski definition) is 4. The molecule has 2 atom stereocenters. The van der Waals surface area contributed by atoms with Gasteiger partial charge in [-0.15, -0.1) is 0 Å². The number of para-hydroxylation sites is 2. The minimum atomic E-state index is -0.707. The van der Waals surface area contributed by atoms with E-state index in [1.165, 1.54) is 0 Å². The molecular weight excluding hydrogens is 258 g/mol. The lowest BCUT2D eigenvalue weighted by Gasteiger charge is -2.30. The molecule has 104 valence electrons. The van der Waals surface area contributed by atoms with Crippen molar-refractivity contribution in [3.8, 4) is 11.5 Å². The molecule has 2 aromatic rings. The Balaban J connectivity index is 1.75. The highest BCUT2D eigenvalue weighted by Gasteiger charge is 2.34. The van der Waals surface area contributed by atoms with Gasteiger partial charge >= 0.3 is 0 Å². The van der Waals surface area contributed by atoms with E-state index in [1.807, 2.05) is 25.1 Å². The van der Waals surface area contributed by atoms with E-state index < -0.39 is 6.10 Å². The average Bonchev–Trinajstić information content (AvgIpc) is 2.83. The Morgan fingerprint density at radius 2 is 2.00 bits per heavy atom. The molecule has 1 aromatic carbocycles. The molecule has 6 nitrogen and oxygen atoms in total. The van der Waals surface area contributed by atoms with Crippen LogP contribution in [0.15, 0.2) is 30.3 Å². The number of H-pyrrole nitrogens is 1. The summed E-state index contributed by atoms with van der Waals surface area (Å²) < 4.78 is 11.4. The van der Waals surface area contributed by atoms with E-state index in [2.05, 4.69) is 15.5 Å². The summed E-state index contributed by atoms with van der Waals surface area (Å²) in [6.07, 6.45) is -1.08. The van der Waals surface area contributed by atoms with Gasteiger partial charge in [0.1, 0.15) is 6.10 Å². The Labute approximate surface area is 116 Å². The van der Waals surface area contributed by atoms with Crippen molar-refractivity contribution in [3.63, 3.8) is 0 Å². The minimum absolute atomic E-state index is 0.279. The first-order valence-electron chi connectivity index (χ1n) is 6.39. The van der Waals surface area contributed by atoms with Gasteiger partial charge in [0.05, 0.1) is 0 Å². The number of fused-ring (bicyclic) bond motifs is 1. The fraction of sp³-hybridized carbons (Fsp3) is 0.286. The lowest BCUT2D eigenvalue weighted by molar-refractivity contribution is -0.128. The van der Waals surface area contributed by atoms with E-state index >= 15 is 0 Å². The molecule has 1 aromatic heterocycles. The van der Waals surface area contributed by atoms with Crippen LogP contribution in [-0.2, 0) is 4.79 Å². The predicted molar refractivity (Wildman–Crippen MR) is 72.9 cm³/mol. The third kappa shape index (κ3) is 2.32. The highest BCUT2D eigenvalue weighted by atomic mass is 16.6. The molecule has 1 aliphatic heterocycles. The van der Waals surface area contributed by atoms with E-state index in [-0.39, 0.29) is 12.0 Å². The highest BCUT2D eigenvalue weighted by Crippen LogP contribution is 2.33. The van der Waals surface area contributed by atoms with Crippen molar-refractivity contribution in [1.29, 1.82) is 0 Å². The molecule has 0 spiro atoms. The topological polar surface area (TPSA) is 76.2 Å². The maximum absolute atomic E-state index is 12.2. The number of rotatable bonds is 2. The summed E-state index contributed by atoms with van der Waals surface area (Å²) >= 11 is 0. The van der Waals surface area contributed by atoms with Crippen LogP contribution in [0.5, 0.6) is 11.5 Å². The SMILES string of the molecule is Cc1cc(NC(=O)C2Oc3ccccc3OC2C)n[nH]1. The number of ether oxygens (including phenoxy) is 2. The van der Waals surface area contributed by atoms with Crippen molar-refractivity contribution in [3.05, 3.63) is 36.0 Å². The van der Waals surface area contributed by atoms with Crippen molar-refractivity contribution >= 4 is 11.7 Å². The first kappa shape index (κ1) is 12.5. The van der Waals surface area contributed by atoms with Gasteiger partial charge in [-0.2, -0.15) is 5.10 Å². The van der Waals surface area contributed by atoms with Crippen LogP contribution < -0.4 is 14.8 Å². The summed E-state index contributed by atoms with van der Waals surface area (Å²) in [5.41, 5.74) is 0.875. The van der Waals surface area contributed by atoms with Crippen molar-refractivity contribution in [2.24, 2.45) is 0 Å². The second-order valence-electron chi connectivity index (χ2n) is 4.73. The number of carbonyl (C=O) groups is 1. The van der Waals surface area contributed by atoms with E-state index in [1.54, 1.807) is 19.1 Å². The van der Waals surface area contributed by atoms with Crippen molar-refractivity contribution in [2.75, 3.05) is 5.32 Å². The Kier molecular flexibility index (Phi) is 3.06. The first-order valence-corrected chi connectivity index (χ1v) is 6.39. The number of carbonyl (C=O) groups excluding carboxylic acids is 1. The van der Waals surface area contributed by atoms with Gasteiger partial charge in [0, 0.05) is 11.8 Å². The number of hydrogen-bond donors (Lipinski definition) is 2. The van der Waals surface area contributed by atoms with Crippen LogP contribution in [0.1, 0.15) is 12.6 Å². The zero-order valence-corrected chi connectivity index (χ0v) is 11.2. The molecule has 0 radical (unpaired) electrons. The number of amides is 1. The third-order valence-electron chi connectivity index (χ3n) is 3.06. The van der Waals surface area contributed by atoms with Gasteiger partial charge in [0.2, 0.25) is 6.10 Å². The largest absolute Gasteiger partial charge is 0.482 e. The summed E-state index contributed by atoms with van der Waals surface area (Å²) in [7, 11) is 0. The smallest absolute Gasteiger partial charge is 0.270 e. The molecule has 0 aliphatic carbocycles. The molecule has 0 fully saturated rings. The Morgan fingerprint density at radius 1 is 1.30 bits per heavy atom. The number of aryl methyl sites for hydroxylation is 1. The third-order valence-corrected chi connectivity index (χ3v) is 3.06. The molecule has 1 aliphatic rings. The molecule has 20 heavy (non-hydrogen) atoms. The minimum Gasteiger partial charge on any atom is -0.482 e. The molecule has 2 N–H and O–H groups in total. The van der Waals surface area contributed by atoms with Crippen molar-refractivity contribution in [1.82, 2.24) is 10.2 Å². The zero-order valence-electron chi connectivity index (χ0n) is 11.2. The van der Waals surface area contributed by atoms with Gasteiger partial charge in [0.25, 0.3) is 5.91 Å². The van der Waals surface area contributed by atoms with Crippen LogP contribution in [0.2, 0.25) is 0 Å². The van der Waals surface area contributed by atoms with Crippen LogP contribution in [0.3, 0.4) is 0 Å². The first-order chi connectivity index (χ1) is 9.63. The standard InChI is InChI=1S/C14H15N3O3/c1-8-7-12(17-16-8)15-14(18)13-9(2)19-10-5-3-4-6-11(10)20-13/h3-7,9,13H,1-2H3,(H2,15,16,17,18). The summed E-state index contributed by atoms with van der Waals surface area (Å²) in [4.78, 5) is 12.2. The summed E-state index contributed by atoms with van der Waals surface area (Å²) in [6, 6.07) is 9.05. The Hall–Kier alpha value is -2.50. The van der Waals surface area contributed by atoms with Gasteiger partial charge in [-0.05, 0) is 26.0 Å². The van der Waals surface area contributed by atoms with Crippen LogP contribution in [0.4, 0.5) is 5.82 Å². The molecule has 3 rings (SSSR count). The maximum Gasteiger partial charge on any atom is 0.270 e. The normalized spacial score (nSPS) is 20.5. The van der Waals surface area contributed by atoms with E-state index in [4.69, 9.17) is 9.47 Å². The highest BCUT2D eigenvalue weighted by molar-refractivity contribution is 5.94. The summed E-state index contributed by atoms with van der Waals surface area (Å²) in [5.74, 6) is 1.42. The molecule has 0 bridgehead atoms. The monoisotopic (exact) mass is 273 g/mol. The Morgan fingerprint density at radius 3 is 2.65 bits per heavy atom. The lowest BCUT2D eigenvalue weighted by atomic mass is 10.1. The summed E-state index contributed by atoms with van der Waals surface area (Å²) in [5, 5.41) is 9.44. The van der Waals surface area contributed by atoms with Gasteiger partial charge in [0.15, 0.2) is 17.3 Å². The fourth-order valence-electron chi connectivity index (χ4n) is 2.09.